The number of nitrogens with one attached hydrogen (secondary N) is 1. The Labute approximate surface area is 101 Å². The monoisotopic (exact) mass is 224 g/mol. The van der Waals surface area contributed by atoms with E-state index in [2.05, 4.69) is 24.1 Å². The number of hydrogen-bond donors (Lipinski definition) is 1. The van der Waals surface area contributed by atoms with E-state index in [4.69, 9.17) is 0 Å². The summed E-state index contributed by atoms with van der Waals surface area (Å²) in [6, 6.07) is 0.943. The van der Waals surface area contributed by atoms with Gasteiger partial charge in [0.1, 0.15) is 0 Å². The molecule has 0 bridgehead atoms. The van der Waals surface area contributed by atoms with E-state index in [-0.39, 0.29) is 0 Å². The molecule has 2 aliphatic rings. The van der Waals surface area contributed by atoms with Crippen LogP contribution >= 0.6 is 0 Å². The van der Waals surface area contributed by atoms with E-state index in [9.17, 15) is 0 Å². The van der Waals surface area contributed by atoms with E-state index in [1.807, 2.05) is 0 Å². The Bertz CT molecular complexity index is 205. The Hall–Kier alpha value is -0.0800. The van der Waals surface area contributed by atoms with Crippen LogP contribution in [0.5, 0.6) is 0 Å². The lowest BCUT2D eigenvalue weighted by Gasteiger charge is -2.39. The molecule has 2 fully saturated rings. The molecule has 1 saturated carbocycles. The van der Waals surface area contributed by atoms with Gasteiger partial charge in [-0.3, -0.25) is 4.90 Å². The van der Waals surface area contributed by atoms with Crippen LogP contribution in [0.1, 0.15) is 52.4 Å². The van der Waals surface area contributed by atoms with Gasteiger partial charge in [-0.05, 0) is 57.2 Å². The molecule has 2 nitrogen and oxygen atoms in total. The third-order valence-corrected chi connectivity index (χ3v) is 4.26. The average Bonchev–Trinajstić information content (AvgIpc) is 3.09. The molecule has 0 spiro atoms. The first-order valence-corrected chi connectivity index (χ1v) is 7.18. The van der Waals surface area contributed by atoms with Crippen molar-refractivity contribution >= 4 is 0 Å². The first-order chi connectivity index (χ1) is 7.73. The Kier molecular flexibility index (Phi) is 4.26. The maximum atomic E-state index is 3.48. The lowest BCUT2D eigenvalue weighted by molar-refractivity contribution is 0.121. The third kappa shape index (κ3) is 3.46. The Morgan fingerprint density at radius 2 is 1.94 bits per heavy atom. The molecule has 0 radical (unpaired) electrons. The fourth-order valence-corrected chi connectivity index (χ4v) is 2.87. The molecule has 0 unspecified atom stereocenters. The molecule has 2 heteroatoms. The summed E-state index contributed by atoms with van der Waals surface area (Å²) in [4.78, 5) is 2.79. The van der Waals surface area contributed by atoms with Crippen molar-refractivity contribution in [3.8, 4) is 0 Å². The summed E-state index contributed by atoms with van der Waals surface area (Å²) in [6.45, 7) is 9.93. The van der Waals surface area contributed by atoms with Crippen LogP contribution in [0.4, 0.5) is 0 Å². The highest BCUT2D eigenvalue weighted by molar-refractivity contribution is 4.90. The minimum atomic E-state index is 0.585. The minimum absolute atomic E-state index is 0.585. The zero-order chi connectivity index (χ0) is 11.4. The maximum Gasteiger partial charge on any atom is 0.00966 e. The van der Waals surface area contributed by atoms with E-state index in [1.165, 1.54) is 64.7 Å². The highest BCUT2D eigenvalue weighted by Gasteiger charge is 2.35. The molecule has 2 rings (SSSR count). The molecular formula is C14H28N2. The normalized spacial score (nSPS) is 24.9. The van der Waals surface area contributed by atoms with Gasteiger partial charge in [-0.25, -0.2) is 0 Å². The van der Waals surface area contributed by atoms with Crippen molar-refractivity contribution in [2.75, 3.05) is 26.2 Å². The summed E-state index contributed by atoms with van der Waals surface area (Å²) in [6.07, 6.45) is 8.35. The van der Waals surface area contributed by atoms with Gasteiger partial charge in [0.25, 0.3) is 0 Å². The molecular weight excluding hydrogens is 196 g/mol. The zero-order valence-electron chi connectivity index (χ0n) is 11.1. The number of unbranched alkanes of at least 4 members (excludes halogenated alkanes) is 1. The van der Waals surface area contributed by atoms with E-state index in [0.717, 1.165) is 6.04 Å². The third-order valence-electron chi connectivity index (χ3n) is 4.26. The molecule has 1 N–H and O–H groups in total. The number of hydrogen-bond acceptors (Lipinski definition) is 2. The van der Waals surface area contributed by atoms with Gasteiger partial charge < -0.3 is 5.32 Å². The van der Waals surface area contributed by atoms with E-state index in [1.54, 1.807) is 0 Å². The van der Waals surface area contributed by atoms with Crippen LogP contribution in [-0.4, -0.2) is 37.1 Å². The van der Waals surface area contributed by atoms with Crippen LogP contribution in [0.15, 0.2) is 0 Å². The van der Waals surface area contributed by atoms with Crippen LogP contribution in [0, 0.1) is 5.41 Å². The largest absolute Gasteiger partial charge is 0.317 e. The van der Waals surface area contributed by atoms with E-state index in [0.29, 0.717) is 5.41 Å². The van der Waals surface area contributed by atoms with Crippen LogP contribution < -0.4 is 5.32 Å². The Balaban J connectivity index is 1.83. The van der Waals surface area contributed by atoms with Gasteiger partial charge in [0.15, 0.2) is 0 Å². The standard InChI is InChI=1S/C14H28N2/c1-3-4-11-16(13-5-6-13)12-14(2)7-9-15-10-8-14/h13,15H,3-12H2,1-2H3. The molecule has 0 aromatic rings. The summed E-state index contributed by atoms with van der Waals surface area (Å²) in [5.74, 6) is 0. The van der Waals surface area contributed by atoms with Gasteiger partial charge in [-0.15, -0.1) is 0 Å². The minimum Gasteiger partial charge on any atom is -0.317 e. The van der Waals surface area contributed by atoms with Crippen molar-refractivity contribution in [3.63, 3.8) is 0 Å². The maximum absolute atomic E-state index is 3.48. The smallest absolute Gasteiger partial charge is 0.00966 e. The SMILES string of the molecule is CCCCN(CC1(C)CCNCC1)C1CC1. The second-order valence-electron chi connectivity index (χ2n) is 6.12. The van der Waals surface area contributed by atoms with Crippen LogP contribution in [0.25, 0.3) is 0 Å². The quantitative estimate of drug-likeness (QED) is 0.746. The van der Waals surface area contributed by atoms with Gasteiger partial charge in [-0.2, -0.15) is 0 Å². The van der Waals surface area contributed by atoms with Gasteiger partial charge in [-0.1, -0.05) is 20.3 Å². The van der Waals surface area contributed by atoms with Crippen molar-refractivity contribution in [1.29, 1.82) is 0 Å². The molecule has 0 amide bonds. The summed E-state index contributed by atoms with van der Waals surface area (Å²) < 4.78 is 0. The Morgan fingerprint density at radius 3 is 2.50 bits per heavy atom. The predicted octanol–water partition coefficient (Wildman–Crippen LogP) is 2.64. The molecule has 1 aliphatic carbocycles. The summed E-state index contributed by atoms with van der Waals surface area (Å²) >= 11 is 0. The van der Waals surface area contributed by atoms with Crippen LogP contribution in [0.2, 0.25) is 0 Å². The zero-order valence-corrected chi connectivity index (χ0v) is 11.1. The summed E-state index contributed by atoms with van der Waals surface area (Å²) in [5.41, 5.74) is 0.585. The number of piperidine rings is 1. The fourth-order valence-electron chi connectivity index (χ4n) is 2.87. The highest BCUT2D eigenvalue weighted by atomic mass is 15.2. The molecule has 0 aromatic carbocycles. The lowest BCUT2D eigenvalue weighted by atomic mass is 9.80. The molecule has 0 aromatic heterocycles. The van der Waals surface area contributed by atoms with Gasteiger partial charge >= 0.3 is 0 Å². The molecule has 1 aliphatic heterocycles. The molecule has 0 atom stereocenters. The predicted molar refractivity (Wildman–Crippen MR) is 69.7 cm³/mol. The van der Waals surface area contributed by atoms with E-state index >= 15 is 0 Å². The lowest BCUT2D eigenvalue weighted by Crippen LogP contribution is -2.44. The second kappa shape index (κ2) is 5.50. The topological polar surface area (TPSA) is 15.3 Å². The number of rotatable bonds is 6. The number of nitrogens with zero attached hydrogens (tertiary/aromatic N) is 1. The van der Waals surface area contributed by atoms with Crippen LogP contribution in [0.3, 0.4) is 0 Å². The Morgan fingerprint density at radius 1 is 1.25 bits per heavy atom. The second-order valence-corrected chi connectivity index (χ2v) is 6.12. The molecule has 1 saturated heterocycles. The fraction of sp³-hybridized carbons (Fsp3) is 1.00. The summed E-state index contributed by atoms with van der Waals surface area (Å²) in [5, 5.41) is 3.48. The van der Waals surface area contributed by atoms with Crippen LogP contribution in [-0.2, 0) is 0 Å². The molecule has 16 heavy (non-hydrogen) atoms. The molecule has 1 heterocycles. The van der Waals surface area contributed by atoms with Crippen molar-refractivity contribution in [2.24, 2.45) is 5.41 Å². The van der Waals surface area contributed by atoms with Gasteiger partial charge in [0.2, 0.25) is 0 Å². The average molecular weight is 224 g/mol. The summed E-state index contributed by atoms with van der Waals surface area (Å²) in [7, 11) is 0. The van der Waals surface area contributed by atoms with Crippen molar-refractivity contribution in [2.45, 2.75) is 58.4 Å². The van der Waals surface area contributed by atoms with Crippen molar-refractivity contribution < 1.29 is 0 Å². The van der Waals surface area contributed by atoms with Gasteiger partial charge in [0.05, 0.1) is 0 Å². The van der Waals surface area contributed by atoms with Gasteiger partial charge in [0, 0.05) is 12.6 Å². The van der Waals surface area contributed by atoms with Crippen molar-refractivity contribution in [1.82, 2.24) is 10.2 Å². The first kappa shape index (κ1) is 12.4. The van der Waals surface area contributed by atoms with E-state index < -0.39 is 0 Å². The first-order valence-electron chi connectivity index (χ1n) is 7.18. The van der Waals surface area contributed by atoms with Crippen molar-refractivity contribution in [3.05, 3.63) is 0 Å². The molecule has 94 valence electrons. The highest BCUT2D eigenvalue weighted by Crippen LogP contribution is 2.34.